The molecule has 2 nitrogen and oxygen atoms in total. The van der Waals surface area contributed by atoms with Gasteiger partial charge in [-0.2, -0.15) is 0 Å². The Kier molecular flexibility index (Phi) is 2.50. The van der Waals surface area contributed by atoms with Gasteiger partial charge < -0.3 is 10.8 Å². The summed E-state index contributed by atoms with van der Waals surface area (Å²) in [7, 11) is 0. The SMILES string of the molecule is Cc1ccccc1C(C)(N)CO. The minimum absolute atomic E-state index is 0.0299. The summed E-state index contributed by atoms with van der Waals surface area (Å²) in [5, 5.41) is 9.05. The largest absolute Gasteiger partial charge is 0.394 e. The van der Waals surface area contributed by atoms with Crippen LogP contribution in [0.15, 0.2) is 24.3 Å². The fourth-order valence-electron chi connectivity index (χ4n) is 1.30. The molecular formula is C10H15NO. The van der Waals surface area contributed by atoms with Gasteiger partial charge >= 0.3 is 0 Å². The van der Waals surface area contributed by atoms with Gasteiger partial charge in [0.2, 0.25) is 0 Å². The van der Waals surface area contributed by atoms with Crippen LogP contribution in [0.3, 0.4) is 0 Å². The Morgan fingerprint density at radius 2 is 2.00 bits per heavy atom. The molecule has 0 aliphatic carbocycles. The van der Waals surface area contributed by atoms with E-state index in [1.807, 2.05) is 38.1 Å². The van der Waals surface area contributed by atoms with Gasteiger partial charge in [0.15, 0.2) is 0 Å². The Bertz CT molecular complexity index is 268. The molecule has 1 unspecified atom stereocenters. The minimum Gasteiger partial charge on any atom is -0.394 e. The van der Waals surface area contributed by atoms with Gasteiger partial charge in [-0.25, -0.2) is 0 Å². The van der Waals surface area contributed by atoms with Gasteiger partial charge in [0.05, 0.1) is 12.1 Å². The molecule has 0 aliphatic heterocycles. The van der Waals surface area contributed by atoms with Crippen LogP contribution in [-0.4, -0.2) is 11.7 Å². The van der Waals surface area contributed by atoms with Crippen LogP contribution in [0.5, 0.6) is 0 Å². The lowest BCUT2D eigenvalue weighted by Gasteiger charge is -2.24. The zero-order valence-corrected chi connectivity index (χ0v) is 7.54. The highest BCUT2D eigenvalue weighted by molar-refractivity contribution is 5.31. The van der Waals surface area contributed by atoms with Crippen molar-refractivity contribution < 1.29 is 5.11 Å². The fourth-order valence-corrected chi connectivity index (χ4v) is 1.30. The summed E-state index contributed by atoms with van der Waals surface area (Å²) >= 11 is 0. The number of benzene rings is 1. The van der Waals surface area contributed by atoms with E-state index in [1.165, 1.54) is 0 Å². The summed E-state index contributed by atoms with van der Waals surface area (Å²) in [5.41, 5.74) is 7.40. The van der Waals surface area contributed by atoms with Crippen LogP contribution in [0.2, 0.25) is 0 Å². The highest BCUT2D eigenvalue weighted by Crippen LogP contribution is 2.20. The molecule has 1 aromatic carbocycles. The third-order valence-corrected chi connectivity index (χ3v) is 2.09. The smallest absolute Gasteiger partial charge is 0.0650 e. The van der Waals surface area contributed by atoms with E-state index in [0.29, 0.717) is 0 Å². The molecule has 0 saturated carbocycles. The van der Waals surface area contributed by atoms with Crippen molar-refractivity contribution in [1.29, 1.82) is 0 Å². The van der Waals surface area contributed by atoms with Gasteiger partial charge in [-0.1, -0.05) is 24.3 Å². The molecule has 0 saturated heterocycles. The van der Waals surface area contributed by atoms with Crippen LogP contribution in [0, 0.1) is 6.92 Å². The third-order valence-electron chi connectivity index (χ3n) is 2.09. The molecule has 1 aromatic rings. The predicted molar refractivity (Wildman–Crippen MR) is 49.8 cm³/mol. The van der Waals surface area contributed by atoms with Gasteiger partial charge in [0.1, 0.15) is 0 Å². The van der Waals surface area contributed by atoms with Gasteiger partial charge in [0.25, 0.3) is 0 Å². The molecule has 0 aromatic heterocycles. The van der Waals surface area contributed by atoms with Crippen molar-refractivity contribution in [2.24, 2.45) is 5.73 Å². The Labute approximate surface area is 73.0 Å². The van der Waals surface area contributed by atoms with E-state index >= 15 is 0 Å². The second kappa shape index (κ2) is 3.25. The topological polar surface area (TPSA) is 46.2 Å². The predicted octanol–water partition coefficient (Wildman–Crippen LogP) is 1.16. The van der Waals surface area contributed by atoms with Gasteiger partial charge in [-0.15, -0.1) is 0 Å². The molecule has 3 N–H and O–H groups in total. The van der Waals surface area contributed by atoms with Crippen LogP contribution in [0.4, 0.5) is 0 Å². The molecule has 2 heteroatoms. The van der Waals surface area contributed by atoms with Gasteiger partial charge in [0, 0.05) is 0 Å². The van der Waals surface area contributed by atoms with Gasteiger partial charge in [-0.3, -0.25) is 0 Å². The van der Waals surface area contributed by atoms with Crippen LogP contribution in [0.1, 0.15) is 18.1 Å². The number of aliphatic hydroxyl groups excluding tert-OH is 1. The minimum atomic E-state index is -0.620. The quantitative estimate of drug-likeness (QED) is 0.690. The molecular weight excluding hydrogens is 150 g/mol. The molecule has 0 amide bonds. The van der Waals surface area contributed by atoms with Crippen molar-refractivity contribution in [3.63, 3.8) is 0 Å². The lowest BCUT2D eigenvalue weighted by atomic mass is 9.90. The molecule has 0 radical (unpaired) electrons. The zero-order chi connectivity index (χ0) is 9.19. The number of rotatable bonds is 2. The number of hydrogen-bond acceptors (Lipinski definition) is 2. The highest BCUT2D eigenvalue weighted by atomic mass is 16.3. The van der Waals surface area contributed by atoms with Crippen LogP contribution >= 0.6 is 0 Å². The maximum absolute atomic E-state index is 9.05. The summed E-state index contributed by atoms with van der Waals surface area (Å²) < 4.78 is 0. The summed E-state index contributed by atoms with van der Waals surface area (Å²) in [6.45, 7) is 3.79. The monoisotopic (exact) mass is 165 g/mol. The third kappa shape index (κ3) is 1.65. The molecule has 1 rings (SSSR count). The first kappa shape index (κ1) is 9.23. The summed E-state index contributed by atoms with van der Waals surface area (Å²) in [4.78, 5) is 0. The van der Waals surface area contributed by atoms with E-state index in [1.54, 1.807) is 0 Å². The summed E-state index contributed by atoms with van der Waals surface area (Å²) in [6, 6.07) is 7.84. The second-order valence-electron chi connectivity index (χ2n) is 3.39. The lowest BCUT2D eigenvalue weighted by molar-refractivity contribution is 0.209. The van der Waals surface area contributed by atoms with Crippen molar-refractivity contribution in [3.8, 4) is 0 Å². The molecule has 0 fully saturated rings. The number of aryl methyl sites for hydroxylation is 1. The van der Waals surface area contributed by atoms with Crippen LogP contribution in [-0.2, 0) is 5.54 Å². The highest BCUT2D eigenvalue weighted by Gasteiger charge is 2.20. The molecule has 1 atom stereocenters. The average Bonchev–Trinajstić information content (AvgIpc) is 2.05. The van der Waals surface area contributed by atoms with Crippen LogP contribution in [0.25, 0.3) is 0 Å². The number of aliphatic hydroxyl groups is 1. The first-order valence-electron chi connectivity index (χ1n) is 4.04. The van der Waals surface area contributed by atoms with Crippen molar-refractivity contribution >= 4 is 0 Å². The Morgan fingerprint density at radius 3 is 2.50 bits per heavy atom. The number of hydrogen-bond donors (Lipinski definition) is 2. The Hall–Kier alpha value is -0.860. The van der Waals surface area contributed by atoms with E-state index in [0.717, 1.165) is 11.1 Å². The fraction of sp³-hybridized carbons (Fsp3) is 0.400. The van der Waals surface area contributed by atoms with E-state index < -0.39 is 5.54 Å². The molecule has 66 valence electrons. The Morgan fingerprint density at radius 1 is 1.42 bits per heavy atom. The summed E-state index contributed by atoms with van der Waals surface area (Å²) in [6.07, 6.45) is 0. The normalized spacial score (nSPS) is 15.7. The molecule has 0 aliphatic rings. The Balaban J connectivity index is 3.10. The first-order chi connectivity index (χ1) is 5.58. The van der Waals surface area contributed by atoms with Gasteiger partial charge in [-0.05, 0) is 25.0 Å². The van der Waals surface area contributed by atoms with E-state index in [2.05, 4.69) is 0 Å². The number of nitrogens with two attached hydrogens (primary N) is 1. The molecule has 0 heterocycles. The standard InChI is InChI=1S/C10H15NO/c1-8-5-3-4-6-9(8)10(2,11)7-12/h3-6,12H,7,11H2,1-2H3. The van der Waals surface area contributed by atoms with E-state index in [9.17, 15) is 0 Å². The molecule has 12 heavy (non-hydrogen) atoms. The molecule has 0 bridgehead atoms. The van der Waals surface area contributed by atoms with Crippen molar-refractivity contribution in [1.82, 2.24) is 0 Å². The first-order valence-corrected chi connectivity index (χ1v) is 4.04. The van der Waals surface area contributed by atoms with E-state index in [4.69, 9.17) is 10.8 Å². The lowest BCUT2D eigenvalue weighted by Crippen LogP contribution is -2.37. The molecule has 0 spiro atoms. The second-order valence-corrected chi connectivity index (χ2v) is 3.39. The van der Waals surface area contributed by atoms with Crippen molar-refractivity contribution in [3.05, 3.63) is 35.4 Å². The summed E-state index contributed by atoms with van der Waals surface area (Å²) in [5.74, 6) is 0. The van der Waals surface area contributed by atoms with Crippen LogP contribution < -0.4 is 5.73 Å². The maximum atomic E-state index is 9.05. The maximum Gasteiger partial charge on any atom is 0.0650 e. The van der Waals surface area contributed by atoms with Crippen molar-refractivity contribution in [2.45, 2.75) is 19.4 Å². The average molecular weight is 165 g/mol. The van der Waals surface area contributed by atoms with Crippen molar-refractivity contribution in [2.75, 3.05) is 6.61 Å². The van der Waals surface area contributed by atoms with E-state index in [-0.39, 0.29) is 6.61 Å². The zero-order valence-electron chi connectivity index (χ0n) is 7.54.